The van der Waals surface area contributed by atoms with Gasteiger partial charge in [-0.25, -0.2) is 14.8 Å². The zero-order chi connectivity index (χ0) is 21.0. The number of aliphatic hydroxyl groups is 1. The van der Waals surface area contributed by atoms with Crippen molar-refractivity contribution in [3.63, 3.8) is 0 Å². The first-order valence-corrected chi connectivity index (χ1v) is 10.7. The number of benzene rings is 1. The van der Waals surface area contributed by atoms with Crippen molar-refractivity contribution in [3.05, 3.63) is 56.4 Å². The van der Waals surface area contributed by atoms with Crippen LogP contribution in [0.2, 0.25) is 5.15 Å². The Morgan fingerprint density at radius 1 is 1.28 bits per heavy atom. The lowest BCUT2D eigenvalue weighted by molar-refractivity contribution is 0.0607. The van der Waals surface area contributed by atoms with Gasteiger partial charge in [0.2, 0.25) is 0 Å². The molecule has 0 unspecified atom stereocenters. The minimum Gasteiger partial charge on any atom is -0.465 e. The second-order valence-corrected chi connectivity index (χ2v) is 8.27. The summed E-state index contributed by atoms with van der Waals surface area (Å²) in [5, 5.41) is 10.8. The van der Waals surface area contributed by atoms with E-state index >= 15 is 0 Å². The van der Waals surface area contributed by atoms with Crippen LogP contribution in [-0.2, 0) is 24.3 Å². The molecule has 1 aromatic carbocycles. The number of thiazole rings is 1. The van der Waals surface area contributed by atoms with Crippen LogP contribution < -0.4 is 0 Å². The topological polar surface area (TPSA) is 77.2 Å². The lowest BCUT2D eigenvalue weighted by atomic mass is 10.1. The molecule has 0 fully saturated rings. The number of imidazole rings is 1. The summed E-state index contributed by atoms with van der Waals surface area (Å²) in [5.74, 6) is 0.505. The van der Waals surface area contributed by atoms with Gasteiger partial charge in [0, 0.05) is 12.0 Å². The van der Waals surface area contributed by atoms with Gasteiger partial charge < -0.3 is 14.4 Å². The molecule has 0 saturated carbocycles. The fourth-order valence-corrected chi connectivity index (χ4v) is 4.24. The van der Waals surface area contributed by atoms with Crippen LogP contribution >= 0.6 is 22.9 Å². The summed E-state index contributed by atoms with van der Waals surface area (Å²) in [6.07, 6.45) is 2.88. The second kappa shape index (κ2) is 9.52. The van der Waals surface area contributed by atoms with Crippen LogP contribution in [0.25, 0.3) is 11.3 Å². The summed E-state index contributed by atoms with van der Waals surface area (Å²) in [6.45, 7) is 4.38. The molecule has 2 aromatic heterocycles. The van der Waals surface area contributed by atoms with Gasteiger partial charge in [0.05, 0.1) is 31.0 Å². The van der Waals surface area contributed by atoms with Gasteiger partial charge in [-0.05, 0) is 18.9 Å². The number of hydrogen-bond donors (Lipinski definition) is 1. The van der Waals surface area contributed by atoms with Crippen LogP contribution in [0.1, 0.15) is 51.5 Å². The quantitative estimate of drug-likeness (QED) is 0.523. The normalized spacial score (nSPS) is 11.1. The van der Waals surface area contributed by atoms with E-state index in [4.69, 9.17) is 16.3 Å². The third-order valence-corrected chi connectivity index (χ3v) is 6.00. The summed E-state index contributed by atoms with van der Waals surface area (Å²) in [6, 6.07) is 7.87. The number of carbonyl (C=O) groups excluding carboxylic acids is 1. The molecule has 0 bridgehead atoms. The molecule has 1 N–H and O–H groups in total. The number of methoxy groups -OCH3 is 1. The van der Waals surface area contributed by atoms with E-state index < -0.39 is 0 Å². The number of unbranched alkanes of at least 4 members (excludes halogenated alkanes) is 1. The summed E-state index contributed by atoms with van der Waals surface area (Å²) in [5.41, 5.74) is 3.05. The zero-order valence-electron chi connectivity index (χ0n) is 16.7. The molecular weight excluding hydrogens is 410 g/mol. The van der Waals surface area contributed by atoms with Crippen LogP contribution in [0.5, 0.6) is 0 Å². The van der Waals surface area contributed by atoms with E-state index in [1.54, 1.807) is 0 Å². The van der Waals surface area contributed by atoms with Crippen molar-refractivity contribution < 1.29 is 14.6 Å². The number of rotatable bonds is 8. The highest BCUT2D eigenvalue weighted by Gasteiger charge is 2.19. The predicted octanol–water partition coefficient (Wildman–Crippen LogP) is 4.64. The summed E-state index contributed by atoms with van der Waals surface area (Å²) >= 11 is 7.77. The monoisotopic (exact) mass is 433 g/mol. The summed E-state index contributed by atoms with van der Waals surface area (Å²) < 4.78 is 6.82. The van der Waals surface area contributed by atoms with E-state index in [0.29, 0.717) is 28.0 Å². The smallest absolute Gasteiger partial charge is 0.350 e. The van der Waals surface area contributed by atoms with Crippen LogP contribution in [0, 0.1) is 6.92 Å². The highest BCUT2D eigenvalue weighted by Crippen LogP contribution is 2.29. The number of halogens is 1. The Hall–Kier alpha value is -2.22. The first-order chi connectivity index (χ1) is 14.0. The lowest BCUT2D eigenvalue weighted by Gasteiger charge is -2.10. The number of carbonyl (C=O) groups is 1. The van der Waals surface area contributed by atoms with E-state index in [0.717, 1.165) is 41.2 Å². The Kier molecular flexibility index (Phi) is 7.05. The maximum atomic E-state index is 12.0. The molecule has 6 nitrogen and oxygen atoms in total. The van der Waals surface area contributed by atoms with Gasteiger partial charge in [-0.1, -0.05) is 49.2 Å². The Bertz CT molecular complexity index is 996. The van der Waals surface area contributed by atoms with Crippen molar-refractivity contribution in [1.29, 1.82) is 0 Å². The van der Waals surface area contributed by atoms with E-state index in [1.165, 1.54) is 18.4 Å². The van der Waals surface area contributed by atoms with E-state index in [9.17, 15) is 9.90 Å². The van der Waals surface area contributed by atoms with Crippen molar-refractivity contribution in [1.82, 2.24) is 14.5 Å². The number of nitrogens with zero attached hydrogens (tertiary/aromatic N) is 3. The van der Waals surface area contributed by atoms with E-state index in [-0.39, 0.29) is 12.6 Å². The fourth-order valence-electron chi connectivity index (χ4n) is 3.12. The minimum absolute atomic E-state index is 0.177. The molecule has 29 heavy (non-hydrogen) atoms. The first kappa shape index (κ1) is 21.5. The third-order valence-electron chi connectivity index (χ3n) is 4.63. The van der Waals surface area contributed by atoms with E-state index in [1.807, 2.05) is 35.8 Å². The number of aliphatic hydroxyl groups excluding tert-OH is 1. The molecule has 3 aromatic rings. The van der Waals surface area contributed by atoms with Crippen LogP contribution in [0.3, 0.4) is 0 Å². The average Bonchev–Trinajstić information content (AvgIpc) is 3.26. The largest absolute Gasteiger partial charge is 0.465 e. The minimum atomic E-state index is -0.378. The average molecular weight is 434 g/mol. The van der Waals surface area contributed by atoms with Gasteiger partial charge in [-0.15, -0.1) is 11.3 Å². The Morgan fingerprint density at radius 3 is 2.62 bits per heavy atom. The zero-order valence-corrected chi connectivity index (χ0v) is 18.3. The number of aromatic nitrogens is 3. The molecule has 0 saturated heterocycles. The molecule has 2 heterocycles. The molecule has 154 valence electrons. The molecule has 8 heteroatoms. The van der Waals surface area contributed by atoms with Crippen molar-refractivity contribution in [2.24, 2.45) is 0 Å². The van der Waals surface area contributed by atoms with Gasteiger partial charge in [-0.2, -0.15) is 0 Å². The highest BCUT2D eigenvalue weighted by atomic mass is 35.5. The Morgan fingerprint density at radius 2 is 2.00 bits per heavy atom. The molecule has 0 aliphatic carbocycles. The van der Waals surface area contributed by atoms with Crippen LogP contribution in [-0.4, -0.2) is 32.7 Å². The van der Waals surface area contributed by atoms with Crippen LogP contribution in [0.15, 0.2) is 24.3 Å². The van der Waals surface area contributed by atoms with Gasteiger partial charge in [0.15, 0.2) is 0 Å². The lowest BCUT2D eigenvalue weighted by Crippen LogP contribution is -2.06. The van der Waals surface area contributed by atoms with Gasteiger partial charge >= 0.3 is 5.97 Å². The standard InChI is InChI=1S/C21H24ClN3O3S/c1-4-5-6-17-24-16(12-26)20(22)25(17)11-14-7-9-15(10-8-14)18-19(21(27)28-3)29-13(2)23-18/h7-10,26H,4-6,11-12H2,1-3H3. The molecule has 0 aliphatic rings. The number of hydrogen-bond acceptors (Lipinski definition) is 6. The first-order valence-electron chi connectivity index (χ1n) is 9.48. The molecule has 0 atom stereocenters. The fraction of sp³-hybridized carbons (Fsp3) is 0.381. The van der Waals surface area contributed by atoms with Gasteiger partial charge in [0.25, 0.3) is 0 Å². The Balaban J connectivity index is 1.87. The molecule has 0 aliphatic heterocycles. The van der Waals surface area contributed by atoms with Crippen molar-refractivity contribution >= 4 is 28.9 Å². The molecule has 0 spiro atoms. The van der Waals surface area contributed by atoms with Gasteiger partial charge in [0.1, 0.15) is 21.5 Å². The van der Waals surface area contributed by atoms with Crippen LogP contribution in [0.4, 0.5) is 0 Å². The number of ether oxygens (including phenoxy) is 1. The van der Waals surface area contributed by atoms with Gasteiger partial charge in [-0.3, -0.25) is 0 Å². The summed E-state index contributed by atoms with van der Waals surface area (Å²) in [4.78, 5) is 21.5. The molecule has 0 radical (unpaired) electrons. The summed E-state index contributed by atoms with van der Waals surface area (Å²) in [7, 11) is 1.37. The van der Waals surface area contributed by atoms with Crippen molar-refractivity contribution in [3.8, 4) is 11.3 Å². The maximum absolute atomic E-state index is 12.0. The maximum Gasteiger partial charge on any atom is 0.350 e. The van der Waals surface area contributed by atoms with Crippen molar-refractivity contribution in [2.75, 3.05) is 7.11 Å². The SMILES string of the molecule is CCCCc1nc(CO)c(Cl)n1Cc1ccc(-c2nc(C)sc2C(=O)OC)cc1. The Labute approximate surface area is 179 Å². The molecular formula is C21H24ClN3O3S. The number of esters is 1. The van der Waals surface area contributed by atoms with Crippen molar-refractivity contribution in [2.45, 2.75) is 46.3 Å². The number of aryl methyl sites for hydroxylation is 2. The second-order valence-electron chi connectivity index (χ2n) is 6.71. The molecule has 3 rings (SSSR count). The predicted molar refractivity (Wildman–Crippen MR) is 115 cm³/mol. The van der Waals surface area contributed by atoms with E-state index in [2.05, 4.69) is 16.9 Å². The molecule has 0 amide bonds. The third kappa shape index (κ3) is 4.69. The highest BCUT2D eigenvalue weighted by molar-refractivity contribution is 7.14.